The summed E-state index contributed by atoms with van der Waals surface area (Å²) in [5.74, 6) is 2.35. The molecule has 4 aromatic heterocycles. The second kappa shape index (κ2) is 12.7. The first kappa shape index (κ1) is 33.1. The van der Waals surface area contributed by atoms with Crippen molar-refractivity contribution in [3.05, 3.63) is 195 Å². The smallest absolute Gasteiger partial charge is 0.174 e. The number of ether oxygens (including phenoxy) is 1. The number of para-hydroxylation sites is 3. The van der Waals surface area contributed by atoms with Crippen LogP contribution in [0, 0.1) is 0 Å². The third-order valence-electron chi connectivity index (χ3n) is 11.8. The number of pyridine rings is 2. The first-order valence-corrected chi connectivity index (χ1v) is 23.3. The molecule has 0 bridgehead atoms. The van der Waals surface area contributed by atoms with Gasteiger partial charge in [0.05, 0.1) is 22.2 Å². The number of nitrogens with zero attached hydrogens (tertiary/aromatic N) is 5. The highest BCUT2D eigenvalue weighted by atomic mass is 31.3. The van der Waals surface area contributed by atoms with Gasteiger partial charge in [0.1, 0.15) is 23.0 Å². The predicted octanol–water partition coefficient (Wildman–Crippen LogP) is 10.6. The Morgan fingerprint density at radius 2 is 1.24 bits per heavy atom. The Morgan fingerprint density at radius 3 is 2.07 bits per heavy atom. The fourth-order valence-electron chi connectivity index (χ4n) is 9.33. The van der Waals surface area contributed by atoms with Crippen molar-refractivity contribution in [1.82, 2.24) is 18.9 Å². The topological polar surface area (TPSA) is 47.6 Å². The lowest BCUT2D eigenvalue weighted by Crippen LogP contribution is -2.66. The first-order chi connectivity index (χ1) is 28.7. The van der Waals surface area contributed by atoms with Crippen molar-refractivity contribution in [2.45, 2.75) is 0 Å². The van der Waals surface area contributed by atoms with E-state index in [4.69, 9.17) is 14.7 Å². The van der Waals surface area contributed by atoms with E-state index >= 15 is 0 Å². The molecule has 0 fully saturated rings. The highest BCUT2D eigenvalue weighted by Gasteiger charge is 2.46. The minimum absolute atomic E-state index is 0.749. The van der Waals surface area contributed by atoms with E-state index in [1.807, 2.05) is 24.7 Å². The normalized spacial score (nSPS) is 15.0. The molecule has 1 aliphatic rings. The summed E-state index contributed by atoms with van der Waals surface area (Å²) in [5.41, 5.74) is 7.72. The van der Waals surface area contributed by atoms with Gasteiger partial charge in [-0.2, -0.15) is 0 Å². The maximum absolute atomic E-state index is 6.84. The zero-order valence-electron chi connectivity index (χ0n) is 31.2. The molecule has 0 radical (unpaired) electrons. The van der Waals surface area contributed by atoms with Crippen LogP contribution < -0.4 is 25.2 Å². The Morgan fingerprint density at radius 1 is 0.517 bits per heavy atom. The Bertz CT molecular complexity index is 3410. The van der Waals surface area contributed by atoms with E-state index in [0.717, 1.165) is 56.3 Å². The van der Waals surface area contributed by atoms with Gasteiger partial charge < -0.3 is 9.30 Å². The van der Waals surface area contributed by atoms with Gasteiger partial charge in [-0.25, -0.2) is 9.97 Å². The van der Waals surface area contributed by atoms with Crippen molar-refractivity contribution in [1.29, 1.82) is 0 Å². The zero-order valence-corrected chi connectivity index (χ0v) is 33.4. The highest BCUT2D eigenvalue weighted by molar-refractivity contribution is 7.79. The number of anilines is 3. The third-order valence-corrected chi connectivity index (χ3v) is 18.4. The Kier molecular flexibility index (Phi) is 7.27. The van der Waals surface area contributed by atoms with Gasteiger partial charge in [0.15, 0.2) is 7.74 Å². The van der Waals surface area contributed by atoms with E-state index in [2.05, 4.69) is 193 Å². The van der Waals surface area contributed by atoms with E-state index in [1.165, 1.54) is 42.8 Å². The molecule has 0 saturated heterocycles. The van der Waals surface area contributed by atoms with Crippen LogP contribution in [0.3, 0.4) is 0 Å². The van der Waals surface area contributed by atoms with Gasteiger partial charge >= 0.3 is 0 Å². The quantitative estimate of drug-likeness (QED) is 0.0992. The second-order valence-electron chi connectivity index (χ2n) is 14.9. The van der Waals surface area contributed by atoms with Crippen LogP contribution in [0.5, 0.6) is 11.5 Å². The average molecular weight is 780 g/mol. The molecule has 7 aromatic carbocycles. The Hall–Kier alpha value is -7.05. The standard InChI is InChI=1S/C50H34N5OPSi/c57-58(36-15-5-2-6-16-36)46-27-23-35(56-34-22-24-37-38-17-7-9-19-41(38)53-30-29-52-50(53)40(37)31-34)32-45(46)55(47-21-11-12-28-51-47)44-26-25-43-48(49(44)58)39-18-8-10-20-42(39)54(43)33-13-3-1-4-14-33/h1-32H,57H2. The van der Waals surface area contributed by atoms with Crippen molar-refractivity contribution in [2.75, 3.05) is 4.90 Å². The molecule has 0 amide bonds. The van der Waals surface area contributed by atoms with Crippen molar-refractivity contribution < 1.29 is 4.74 Å². The Labute approximate surface area is 337 Å². The van der Waals surface area contributed by atoms with Crippen LogP contribution in [-0.4, -0.2) is 26.7 Å². The lowest BCUT2D eigenvalue weighted by molar-refractivity contribution is 0.484. The van der Waals surface area contributed by atoms with Crippen molar-refractivity contribution in [3.63, 3.8) is 0 Å². The summed E-state index contributed by atoms with van der Waals surface area (Å²) in [4.78, 5) is 12.1. The lowest BCUT2D eigenvalue weighted by atomic mass is 10.1. The lowest BCUT2D eigenvalue weighted by Gasteiger charge is -2.42. The zero-order chi connectivity index (χ0) is 38.4. The monoisotopic (exact) mass is 779 g/mol. The van der Waals surface area contributed by atoms with Gasteiger partial charge in [-0.1, -0.05) is 97.1 Å². The third kappa shape index (κ3) is 4.75. The molecule has 0 N–H and O–H groups in total. The van der Waals surface area contributed by atoms with Gasteiger partial charge in [-0.15, -0.1) is 8.79 Å². The first-order valence-electron chi connectivity index (χ1n) is 19.4. The summed E-state index contributed by atoms with van der Waals surface area (Å²) in [7, 11) is 0.643. The molecule has 11 aromatic rings. The van der Waals surface area contributed by atoms with E-state index in [-0.39, 0.29) is 0 Å². The van der Waals surface area contributed by atoms with Crippen LogP contribution >= 0.6 is 8.79 Å². The molecule has 0 spiro atoms. The second-order valence-corrected chi connectivity index (χ2v) is 20.7. The number of hydrogen-bond acceptors (Lipinski definition) is 4. The van der Waals surface area contributed by atoms with Gasteiger partial charge in [0, 0.05) is 57.6 Å². The number of rotatable bonds is 5. The molecular weight excluding hydrogens is 746 g/mol. The maximum atomic E-state index is 6.84. The summed E-state index contributed by atoms with van der Waals surface area (Å²) in [6, 6.07) is 62.8. The van der Waals surface area contributed by atoms with E-state index < -0.39 is 7.74 Å². The summed E-state index contributed by atoms with van der Waals surface area (Å²) < 4.78 is 11.4. The molecule has 58 heavy (non-hydrogen) atoms. The van der Waals surface area contributed by atoms with Crippen LogP contribution in [0.15, 0.2) is 195 Å². The van der Waals surface area contributed by atoms with E-state index in [9.17, 15) is 0 Å². The van der Waals surface area contributed by atoms with Crippen LogP contribution in [0.2, 0.25) is 0 Å². The van der Waals surface area contributed by atoms with Crippen LogP contribution in [0.25, 0.3) is 54.8 Å². The van der Waals surface area contributed by atoms with Crippen molar-refractivity contribution in [3.8, 4) is 17.2 Å². The predicted molar refractivity (Wildman–Crippen MR) is 244 cm³/mol. The van der Waals surface area contributed by atoms with Crippen LogP contribution in [0.4, 0.5) is 17.2 Å². The molecule has 2 atom stereocenters. The summed E-state index contributed by atoms with van der Waals surface area (Å²) in [5, 5.41) is 9.78. The molecule has 12 rings (SSSR count). The minimum Gasteiger partial charge on any atom is -0.457 e. The largest absolute Gasteiger partial charge is 0.457 e. The molecule has 8 heteroatoms. The van der Waals surface area contributed by atoms with Gasteiger partial charge in [0.25, 0.3) is 0 Å². The number of fused-ring (bicyclic) bond motifs is 12. The summed E-state index contributed by atoms with van der Waals surface area (Å²) >= 11 is 0. The number of benzene rings is 7. The fraction of sp³-hybridized carbons (Fsp3) is 0. The molecule has 0 aliphatic carbocycles. The molecule has 6 nitrogen and oxygen atoms in total. The summed E-state index contributed by atoms with van der Waals surface area (Å²) in [6.07, 6.45) is 5.76. The minimum atomic E-state index is -2.83. The highest BCUT2D eigenvalue weighted by Crippen LogP contribution is 2.45. The number of aromatic nitrogens is 4. The maximum Gasteiger partial charge on any atom is 0.174 e. The van der Waals surface area contributed by atoms with Gasteiger partial charge in [-0.3, -0.25) is 9.30 Å². The molecular formula is C50H34N5OPSi. The molecule has 0 saturated carbocycles. The molecule has 2 unspecified atom stereocenters. The molecule has 1 aliphatic heterocycles. The number of imidazole rings is 1. The van der Waals surface area contributed by atoms with Gasteiger partial charge in [0.2, 0.25) is 0 Å². The molecule has 5 heterocycles. The summed E-state index contributed by atoms with van der Waals surface area (Å²) in [6.45, 7) is 0. The van der Waals surface area contributed by atoms with Crippen molar-refractivity contribution >= 4 is 98.4 Å². The SMILES string of the molecule is P[Si]1(c2ccccc2)c2ccc(Oc3ccc4c5ccccc5n5ccnc5c4c3)cc2N(c2ccccn2)c2ccc3c(c21)c1ccccc1n3-c1ccccc1. The number of hydrogen-bond donors (Lipinski definition) is 0. The van der Waals surface area contributed by atoms with E-state index in [1.54, 1.807) is 0 Å². The van der Waals surface area contributed by atoms with E-state index in [0.29, 0.717) is 0 Å². The van der Waals surface area contributed by atoms with Crippen molar-refractivity contribution in [2.24, 2.45) is 0 Å². The fourth-order valence-corrected chi connectivity index (χ4v) is 15.3. The van der Waals surface area contributed by atoms with Gasteiger partial charge in [-0.05, 0) is 93.7 Å². The Balaban J connectivity index is 1.11. The van der Waals surface area contributed by atoms with Crippen LogP contribution in [0.1, 0.15) is 0 Å². The average Bonchev–Trinajstić information content (AvgIpc) is 3.92. The van der Waals surface area contributed by atoms with Crippen LogP contribution in [-0.2, 0) is 0 Å². The molecule has 274 valence electrons.